The summed E-state index contributed by atoms with van der Waals surface area (Å²) < 4.78 is 13.6. The maximum Gasteiger partial charge on any atom is 0.146 e. The van der Waals surface area contributed by atoms with Gasteiger partial charge in [-0.25, -0.2) is 9.37 Å². The van der Waals surface area contributed by atoms with Gasteiger partial charge in [0.1, 0.15) is 5.82 Å². The van der Waals surface area contributed by atoms with Crippen molar-refractivity contribution in [1.29, 1.82) is 0 Å². The van der Waals surface area contributed by atoms with Crippen LogP contribution in [-0.2, 0) is 0 Å². The number of pyridine rings is 1. The Hall–Kier alpha value is -1.33. The molecule has 0 aliphatic carbocycles. The number of hydrogen-bond acceptors (Lipinski definition) is 4. The van der Waals surface area contributed by atoms with E-state index in [2.05, 4.69) is 15.3 Å². The molecule has 1 atom stereocenters. The molecule has 2 aromatic heterocycles. The minimum atomic E-state index is -0.312. The molecule has 5 heteroatoms. The van der Waals surface area contributed by atoms with Crippen molar-refractivity contribution in [3.63, 3.8) is 0 Å². The highest BCUT2D eigenvalue weighted by atomic mass is 32.1. The zero-order valence-electron chi connectivity index (χ0n) is 9.07. The lowest BCUT2D eigenvalue weighted by atomic mass is 10.1. The van der Waals surface area contributed by atoms with E-state index in [1.165, 1.54) is 6.20 Å². The summed E-state index contributed by atoms with van der Waals surface area (Å²) in [5.41, 5.74) is 1.41. The number of aryl methyl sites for hydroxylation is 1. The van der Waals surface area contributed by atoms with E-state index in [9.17, 15) is 4.39 Å². The normalized spacial score (nSPS) is 12.7. The van der Waals surface area contributed by atoms with Crippen LogP contribution in [0.3, 0.4) is 0 Å². The van der Waals surface area contributed by atoms with Crippen LogP contribution < -0.4 is 5.32 Å². The Bertz CT molecular complexity index is 484. The first kappa shape index (κ1) is 11.2. The van der Waals surface area contributed by atoms with Crippen molar-refractivity contribution in [2.45, 2.75) is 13.0 Å². The molecule has 0 aliphatic heterocycles. The van der Waals surface area contributed by atoms with Gasteiger partial charge in [0.2, 0.25) is 0 Å². The lowest BCUT2D eigenvalue weighted by molar-refractivity contribution is 0.566. The van der Waals surface area contributed by atoms with E-state index < -0.39 is 0 Å². The Balaban J connectivity index is 2.40. The zero-order chi connectivity index (χ0) is 11.5. The average molecular weight is 237 g/mol. The quantitative estimate of drug-likeness (QED) is 0.890. The molecule has 1 unspecified atom stereocenters. The fourth-order valence-corrected chi connectivity index (χ4v) is 2.23. The van der Waals surface area contributed by atoms with E-state index in [1.54, 1.807) is 30.6 Å². The van der Waals surface area contributed by atoms with Crippen molar-refractivity contribution >= 4 is 11.3 Å². The highest BCUT2D eigenvalue weighted by molar-refractivity contribution is 7.09. The fraction of sp³-hybridized carbons (Fsp3) is 0.273. The first-order valence-corrected chi connectivity index (χ1v) is 5.79. The Labute approximate surface area is 97.4 Å². The molecule has 2 aromatic rings. The van der Waals surface area contributed by atoms with Crippen LogP contribution in [0.25, 0.3) is 0 Å². The third-order valence-corrected chi connectivity index (χ3v) is 3.13. The number of rotatable bonds is 3. The van der Waals surface area contributed by atoms with Crippen LogP contribution in [0.2, 0.25) is 0 Å². The third-order valence-electron chi connectivity index (χ3n) is 2.34. The second-order valence-corrected chi connectivity index (χ2v) is 4.47. The second kappa shape index (κ2) is 4.67. The molecule has 2 rings (SSSR count). The summed E-state index contributed by atoms with van der Waals surface area (Å²) in [7, 11) is 1.79. The predicted molar refractivity (Wildman–Crippen MR) is 61.9 cm³/mol. The number of thiazole rings is 1. The Morgan fingerprint density at radius 2 is 2.31 bits per heavy atom. The van der Waals surface area contributed by atoms with Crippen molar-refractivity contribution in [3.8, 4) is 0 Å². The van der Waals surface area contributed by atoms with Gasteiger partial charge in [0, 0.05) is 17.1 Å². The molecular formula is C11H12FN3S. The summed E-state index contributed by atoms with van der Waals surface area (Å²) in [5.74, 6) is -0.312. The van der Waals surface area contributed by atoms with Gasteiger partial charge >= 0.3 is 0 Å². The molecule has 0 saturated heterocycles. The van der Waals surface area contributed by atoms with Crippen molar-refractivity contribution in [2.75, 3.05) is 7.05 Å². The van der Waals surface area contributed by atoms with Gasteiger partial charge in [-0.2, -0.15) is 0 Å². The largest absolute Gasteiger partial charge is 0.308 e. The standard InChI is InChI=1S/C11H12FN3S/c1-7-15-10(6-16-7)11(13-2)8-3-4-14-5-9(8)12/h3-6,11,13H,1-2H3. The van der Waals surface area contributed by atoms with Crippen LogP contribution in [0.1, 0.15) is 22.3 Å². The van der Waals surface area contributed by atoms with Gasteiger partial charge in [0.05, 0.1) is 22.9 Å². The molecule has 0 amide bonds. The molecular weight excluding hydrogens is 225 g/mol. The van der Waals surface area contributed by atoms with Gasteiger partial charge in [-0.05, 0) is 20.0 Å². The van der Waals surface area contributed by atoms with E-state index in [1.807, 2.05) is 12.3 Å². The zero-order valence-corrected chi connectivity index (χ0v) is 9.88. The van der Waals surface area contributed by atoms with Crippen molar-refractivity contribution < 1.29 is 4.39 Å². The summed E-state index contributed by atoms with van der Waals surface area (Å²) in [6, 6.07) is 1.46. The third kappa shape index (κ3) is 2.10. The minimum Gasteiger partial charge on any atom is -0.308 e. The number of halogens is 1. The van der Waals surface area contributed by atoms with Crippen LogP contribution in [0.5, 0.6) is 0 Å². The lowest BCUT2D eigenvalue weighted by Gasteiger charge is -2.14. The molecule has 0 aromatic carbocycles. The summed E-state index contributed by atoms with van der Waals surface area (Å²) in [5, 5.41) is 5.98. The van der Waals surface area contributed by atoms with Gasteiger partial charge in [-0.1, -0.05) is 0 Å². The van der Waals surface area contributed by atoms with Gasteiger partial charge in [-0.3, -0.25) is 4.98 Å². The molecule has 0 fully saturated rings. The number of hydrogen-bond donors (Lipinski definition) is 1. The van der Waals surface area contributed by atoms with E-state index in [0.717, 1.165) is 10.7 Å². The van der Waals surface area contributed by atoms with Gasteiger partial charge in [0.25, 0.3) is 0 Å². The topological polar surface area (TPSA) is 37.8 Å². The Morgan fingerprint density at radius 1 is 1.50 bits per heavy atom. The lowest BCUT2D eigenvalue weighted by Crippen LogP contribution is -2.19. The van der Waals surface area contributed by atoms with Gasteiger partial charge in [0.15, 0.2) is 0 Å². The van der Waals surface area contributed by atoms with Crippen LogP contribution >= 0.6 is 11.3 Å². The number of nitrogens with zero attached hydrogens (tertiary/aromatic N) is 2. The van der Waals surface area contributed by atoms with Crippen molar-refractivity contribution in [2.24, 2.45) is 0 Å². The van der Waals surface area contributed by atoms with Crippen molar-refractivity contribution in [1.82, 2.24) is 15.3 Å². The van der Waals surface area contributed by atoms with E-state index >= 15 is 0 Å². The van der Waals surface area contributed by atoms with E-state index in [0.29, 0.717) is 5.56 Å². The first-order chi connectivity index (χ1) is 7.72. The van der Waals surface area contributed by atoms with Crippen LogP contribution in [-0.4, -0.2) is 17.0 Å². The highest BCUT2D eigenvalue weighted by Gasteiger charge is 2.18. The first-order valence-electron chi connectivity index (χ1n) is 4.91. The molecule has 2 heterocycles. The Kier molecular flexibility index (Phi) is 3.26. The van der Waals surface area contributed by atoms with Gasteiger partial charge < -0.3 is 5.32 Å². The van der Waals surface area contributed by atoms with E-state index in [4.69, 9.17) is 0 Å². The molecule has 0 bridgehead atoms. The van der Waals surface area contributed by atoms with Crippen LogP contribution in [0.4, 0.5) is 4.39 Å². The molecule has 1 N–H and O–H groups in total. The summed E-state index contributed by atoms with van der Waals surface area (Å²) >= 11 is 1.56. The molecule has 16 heavy (non-hydrogen) atoms. The summed E-state index contributed by atoms with van der Waals surface area (Å²) in [4.78, 5) is 8.11. The maximum absolute atomic E-state index is 13.6. The molecule has 0 radical (unpaired) electrons. The summed E-state index contributed by atoms with van der Waals surface area (Å²) in [6.45, 7) is 1.93. The van der Waals surface area contributed by atoms with Crippen molar-refractivity contribution in [3.05, 3.63) is 45.9 Å². The minimum absolute atomic E-state index is 0.215. The monoisotopic (exact) mass is 237 g/mol. The SMILES string of the molecule is CNC(c1csc(C)n1)c1ccncc1F. The smallest absolute Gasteiger partial charge is 0.146 e. The number of nitrogens with one attached hydrogen (secondary N) is 1. The molecule has 3 nitrogen and oxygen atoms in total. The molecule has 0 aliphatic rings. The highest BCUT2D eigenvalue weighted by Crippen LogP contribution is 2.24. The second-order valence-electron chi connectivity index (χ2n) is 3.41. The predicted octanol–water partition coefficient (Wildman–Crippen LogP) is 2.29. The average Bonchev–Trinajstić information content (AvgIpc) is 2.69. The maximum atomic E-state index is 13.6. The van der Waals surface area contributed by atoms with Crippen LogP contribution in [0.15, 0.2) is 23.8 Å². The van der Waals surface area contributed by atoms with Gasteiger partial charge in [-0.15, -0.1) is 11.3 Å². The van der Waals surface area contributed by atoms with E-state index in [-0.39, 0.29) is 11.9 Å². The fourth-order valence-electron chi connectivity index (χ4n) is 1.60. The Morgan fingerprint density at radius 3 is 2.88 bits per heavy atom. The number of aromatic nitrogens is 2. The summed E-state index contributed by atoms with van der Waals surface area (Å²) in [6.07, 6.45) is 2.81. The molecule has 0 spiro atoms. The molecule has 0 saturated carbocycles. The van der Waals surface area contributed by atoms with Crippen LogP contribution in [0, 0.1) is 12.7 Å². The molecule has 84 valence electrons.